The monoisotopic (exact) mass is 482 g/mol. The number of hydrogen-bond donors (Lipinski definition) is 2. The van der Waals surface area contributed by atoms with Gasteiger partial charge in [0.2, 0.25) is 0 Å². The molecule has 0 spiro atoms. The van der Waals surface area contributed by atoms with Crippen LogP contribution in [0.5, 0.6) is 5.75 Å². The Labute approximate surface area is 212 Å². The highest BCUT2D eigenvalue weighted by molar-refractivity contribution is 5.92. The number of pyridine rings is 1. The number of piperazine rings is 1. The third-order valence-electron chi connectivity index (χ3n) is 7.27. The first-order valence-electron chi connectivity index (χ1n) is 13.1. The quantitative estimate of drug-likeness (QED) is 0.354. The van der Waals surface area contributed by atoms with Crippen molar-refractivity contribution < 1.29 is 9.15 Å². The van der Waals surface area contributed by atoms with Gasteiger partial charge in [0.05, 0.1) is 5.52 Å². The van der Waals surface area contributed by atoms with E-state index in [1.165, 1.54) is 24.0 Å². The molecule has 1 aliphatic carbocycles. The summed E-state index contributed by atoms with van der Waals surface area (Å²) < 4.78 is 12.2. The molecule has 1 saturated heterocycles. The lowest BCUT2D eigenvalue weighted by Crippen LogP contribution is -2.44. The Morgan fingerprint density at radius 3 is 2.81 bits per heavy atom. The van der Waals surface area contributed by atoms with Gasteiger partial charge in [-0.15, -0.1) is 0 Å². The topological polar surface area (TPSA) is 62.6 Å². The zero-order valence-corrected chi connectivity index (χ0v) is 21.0. The zero-order valence-electron chi connectivity index (χ0n) is 21.0. The van der Waals surface area contributed by atoms with Crippen molar-refractivity contribution in [2.75, 3.05) is 39.3 Å². The minimum absolute atomic E-state index is 0.569. The van der Waals surface area contributed by atoms with Gasteiger partial charge in [0.25, 0.3) is 0 Å². The number of aryl methyl sites for hydroxylation is 1. The molecule has 6 rings (SSSR count). The van der Waals surface area contributed by atoms with Crippen molar-refractivity contribution in [2.45, 2.75) is 32.2 Å². The van der Waals surface area contributed by atoms with Crippen molar-refractivity contribution in [3.8, 4) is 5.75 Å². The number of fused-ring (bicyclic) bond motifs is 2. The molecule has 0 amide bonds. The van der Waals surface area contributed by atoms with Crippen LogP contribution in [0.3, 0.4) is 0 Å². The van der Waals surface area contributed by atoms with E-state index in [1.54, 1.807) is 0 Å². The fraction of sp³-hybridized carbons (Fsp3) is 0.367. The molecule has 36 heavy (non-hydrogen) atoms. The summed E-state index contributed by atoms with van der Waals surface area (Å²) in [5, 5.41) is 9.19. The van der Waals surface area contributed by atoms with Gasteiger partial charge in [-0.05, 0) is 61.6 Å². The van der Waals surface area contributed by atoms with Crippen LogP contribution in [-0.2, 0) is 6.42 Å². The molecule has 2 aliphatic rings. The predicted octanol–water partition coefficient (Wildman–Crippen LogP) is 4.89. The van der Waals surface area contributed by atoms with Crippen LogP contribution in [0.15, 0.2) is 59.7 Å². The third kappa shape index (κ3) is 4.97. The molecule has 2 N–H and O–H groups in total. The van der Waals surface area contributed by atoms with E-state index in [1.807, 2.05) is 13.1 Å². The Bertz CT molecular complexity index is 1400. The number of benzene rings is 2. The van der Waals surface area contributed by atoms with Gasteiger partial charge in [0.1, 0.15) is 23.7 Å². The predicted molar refractivity (Wildman–Crippen MR) is 145 cm³/mol. The highest BCUT2D eigenvalue weighted by Crippen LogP contribution is 2.33. The molecule has 2 fully saturated rings. The lowest BCUT2D eigenvalue weighted by molar-refractivity contribution is 0.191. The maximum atomic E-state index is 6.15. The van der Waals surface area contributed by atoms with Crippen molar-refractivity contribution >= 4 is 27.6 Å². The molecular weight excluding hydrogens is 448 g/mol. The van der Waals surface area contributed by atoms with Crippen molar-refractivity contribution in [3.63, 3.8) is 0 Å². The highest BCUT2D eigenvalue weighted by Gasteiger charge is 2.24. The summed E-state index contributed by atoms with van der Waals surface area (Å²) in [6.07, 6.45) is 5.15. The second-order valence-electron chi connectivity index (χ2n) is 10.0. The van der Waals surface area contributed by atoms with Crippen LogP contribution >= 0.6 is 0 Å². The number of nitrogens with one attached hydrogen (secondary N) is 2. The molecular formula is C30H34N4O2. The molecule has 3 heterocycles. The Balaban J connectivity index is 1.17. The molecule has 186 valence electrons. The number of nitrogens with zero attached hydrogens (tertiary/aromatic N) is 2. The first-order chi connectivity index (χ1) is 17.6. The molecule has 6 heteroatoms. The SMILES string of the molecule is C=C(NC1CC1)c1c(C)oc2cc(Cc3ccnc4cc(OCCN5CCNCC5)ccc34)ccc12. The zero-order chi connectivity index (χ0) is 24.5. The van der Waals surface area contributed by atoms with Crippen LogP contribution in [0.1, 0.15) is 35.3 Å². The number of furan rings is 1. The lowest BCUT2D eigenvalue weighted by atomic mass is 9.99. The van der Waals surface area contributed by atoms with Crippen molar-refractivity contribution in [1.29, 1.82) is 0 Å². The Morgan fingerprint density at radius 2 is 1.97 bits per heavy atom. The van der Waals surface area contributed by atoms with Gasteiger partial charge in [0.15, 0.2) is 0 Å². The summed E-state index contributed by atoms with van der Waals surface area (Å²) in [5.74, 6) is 1.79. The molecule has 1 aliphatic heterocycles. The summed E-state index contributed by atoms with van der Waals surface area (Å²) in [6, 6.07) is 15.5. The van der Waals surface area contributed by atoms with Crippen molar-refractivity contribution in [1.82, 2.24) is 20.5 Å². The van der Waals surface area contributed by atoms with Gasteiger partial charge in [-0.2, -0.15) is 0 Å². The number of ether oxygens (including phenoxy) is 1. The van der Waals surface area contributed by atoms with Gasteiger partial charge in [-0.1, -0.05) is 18.7 Å². The van der Waals surface area contributed by atoms with E-state index in [9.17, 15) is 0 Å². The normalized spacial score (nSPS) is 16.5. The van der Waals surface area contributed by atoms with E-state index in [0.717, 1.165) is 83.8 Å². The highest BCUT2D eigenvalue weighted by atomic mass is 16.5. The van der Waals surface area contributed by atoms with Gasteiger partial charge < -0.3 is 19.8 Å². The molecule has 0 bridgehead atoms. The number of hydrogen-bond acceptors (Lipinski definition) is 6. The van der Waals surface area contributed by atoms with Crippen LogP contribution < -0.4 is 15.4 Å². The molecule has 0 unspecified atom stereocenters. The Hall–Kier alpha value is -3.35. The maximum absolute atomic E-state index is 6.15. The second-order valence-corrected chi connectivity index (χ2v) is 10.0. The van der Waals surface area contributed by atoms with Crippen LogP contribution in [0.4, 0.5) is 0 Å². The smallest absolute Gasteiger partial charge is 0.135 e. The summed E-state index contributed by atoms with van der Waals surface area (Å²) in [4.78, 5) is 7.06. The van der Waals surface area contributed by atoms with Crippen LogP contribution in [0, 0.1) is 6.92 Å². The standard InChI is InChI=1S/C30H34N4O2/c1-20(33-24-4-5-24)30-21(2)36-29-18-22(3-7-27(29)30)17-23-9-10-32-28-19-25(6-8-26(23)28)35-16-15-34-13-11-31-12-14-34/h3,6-10,18-19,24,31,33H,1,4-5,11-17H2,2H3. The van der Waals surface area contributed by atoms with Crippen LogP contribution in [0.25, 0.3) is 27.6 Å². The van der Waals surface area contributed by atoms with Crippen LogP contribution in [0.2, 0.25) is 0 Å². The average Bonchev–Trinajstić information content (AvgIpc) is 3.63. The number of aromatic nitrogens is 1. The average molecular weight is 483 g/mol. The van der Waals surface area contributed by atoms with E-state index in [-0.39, 0.29) is 0 Å². The van der Waals surface area contributed by atoms with Gasteiger partial charge in [-0.25, -0.2) is 0 Å². The summed E-state index contributed by atoms with van der Waals surface area (Å²) in [5.41, 5.74) is 6.40. The van der Waals surface area contributed by atoms with Gasteiger partial charge in [0, 0.05) is 73.1 Å². The molecule has 2 aromatic heterocycles. The lowest BCUT2D eigenvalue weighted by Gasteiger charge is -2.26. The van der Waals surface area contributed by atoms with E-state index in [0.29, 0.717) is 12.6 Å². The van der Waals surface area contributed by atoms with Gasteiger partial charge in [-0.3, -0.25) is 9.88 Å². The van der Waals surface area contributed by atoms with Crippen molar-refractivity contribution in [2.24, 2.45) is 0 Å². The first kappa shape index (κ1) is 23.1. The van der Waals surface area contributed by atoms with E-state index < -0.39 is 0 Å². The third-order valence-corrected chi connectivity index (χ3v) is 7.27. The fourth-order valence-electron chi connectivity index (χ4n) is 5.17. The first-order valence-corrected chi connectivity index (χ1v) is 13.1. The largest absolute Gasteiger partial charge is 0.492 e. The molecule has 2 aromatic carbocycles. The summed E-state index contributed by atoms with van der Waals surface area (Å²) >= 11 is 0. The fourth-order valence-corrected chi connectivity index (χ4v) is 5.17. The van der Waals surface area contributed by atoms with Gasteiger partial charge >= 0.3 is 0 Å². The van der Waals surface area contributed by atoms with E-state index in [2.05, 4.69) is 69.6 Å². The second kappa shape index (κ2) is 9.96. The number of rotatable bonds is 9. The minimum atomic E-state index is 0.569. The molecule has 0 radical (unpaired) electrons. The van der Waals surface area contributed by atoms with E-state index >= 15 is 0 Å². The molecule has 0 atom stereocenters. The Kier molecular flexibility index (Phi) is 6.38. The van der Waals surface area contributed by atoms with Crippen molar-refractivity contribution in [3.05, 3.63) is 77.7 Å². The Morgan fingerprint density at radius 1 is 1.14 bits per heavy atom. The van der Waals surface area contributed by atoms with E-state index in [4.69, 9.17) is 9.15 Å². The summed E-state index contributed by atoms with van der Waals surface area (Å²) in [6.45, 7) is 12.2. The maximum Gasteiger partial charge on any atom is 0.135 e. The molecule has 4 aromatic rings. The minimum Gasteiger partial charge on any atom is -0.492 e. The molecule has 6 nitrogen and oxygen atoms in total. The molecule has 1 saturated carbocycles. The summed E-state index contributed by atoms with van der Waals surface area (Å²) in [7, 11) is 0. The van der Waals surface area contributed by atoms with Crippen LogP contribution in [-0.4, -0.2) is 55.3 Å².